The predicted octanol–water partition coefficient (Wildman–Crippen LogP) is 2.06. The molecule has 1 aromatic rings. The number of benzene rings is 1. The van der Waals surface area contributed by atoms with E-state index in [2.05, 4.69) is 0 Å². The van der Waals surface area contributed by atoms with Gasteiger partial charge < -0.3 is 9.47 Å². The van der Waals surface area contributed by atoms with E-state index in [0.29, 0.717) is 11.1 Å². The maximum absolute atomic E-state index is 12.2. The SMILES string of the molecule is CCOC(=O)C(C)(C(C)=O)C1OC(=O)c2ccccc21. The molecule has 5 nitrogen and oxygen atoms in total. The molecule has 1 aliphatic rings. The number of hydrogen-bond acceptors (Lipinski definition) is 5. The first-order valence-corrected chi connectivity index (χ1v) is 6.41. The maximum Gasteiger partial charge on any atom is 0.339 e. The summed E-state index contributed by atoms with van der Waals surface area (Å²) < 4.78 is 10.2. The Hall–Kier alpha value is -2.17. The monoisotopic (exact) mass is 276 g/mol. The smallest absolute Gasteiger partial charge is 0.339 e. The molecule has 5 heteroatoms. The van der Waals surface area contributed by atoms with Crippen LogP contribution in [0.4, 0.5) is 0 Å². The van der Waals surface area contributed by atoms with Crippen LogP contribution in [0.5, 0.6) is 0 Å². The van der Waals surface area contributed by atoms with E-state index < -0.39 is 29.2 Å². The Morgan fingerprint density at radius 3 is 2.60 bits per heavy atom. The van der Waals surface area contributed by atoms with Crippen LogP contribution < -0.4 is 0 Å². The fourth-order valence-corrected chi connectivity index (χ4v) is 2.29. The third kappa shape index (κ3) is 1.99. The molecule has 2 rings (SSSR count). The molecule has 0 fully saturated rings. The van der Waals surface area contributed by atoms with Gasteiger partial charge in [0.25, 0.3) is 0 Å². The number of carbonyl (C=O) groups excluding carboxylic acids is 3. The molecule has 1 aromatic carbocycles. The van der Waals surface area contributed by atoms with E-state index in [-0.39, 0.29) is 6.61 Å². The summed E-state index contributed by atoms with van der Waals surface area (Å²) in [5, 5.41) is 0. The summed E-state index contributed by atoms with van der Waals surface area (Å²) in [4.78, 5) is 36.0. The van der Waals surface area contributed by atoms with E-state index >= 15 is 0 Å². The van der Waals surface area contributed by atoms with Crippen LogP contribution in [0.15, 0.2) is 24.3 Å². The molecule has 0 amide bonds. The second kappa shape index (κ2) is 5.07. The van der Waals surface area contributed by atoms with E-state index in [4.69, 9.17) is 9.47 Å². The van der Waals surface area contributed by atoms with Crippen LogP contribution in [-0.2, 0) is 19.1 Å². The van der Waals surface area contributed by atoms with Crippen molar-refractivity contribution in [1.29, 1.82) is 0 Å². The number of hydrogen-bond donors (Lipinski definition) is 0. The van der Waals surface area contributed by atoms with Gasteiger partial charge in [0.2, 0.25) is 0 Å². The third-order valence-corrected chi connectivity index (χ3v) is 3.64. The Bertz CT molecular complexity index is 577. The lowest BCUT2D eigenvalue weighted by atomic mass is 9.77. The van der Waals surface area contributed by atoms with Crippen LogP contribution in [0, 0.1) is 5.41 Å². The summed E-state index contributed by atoms with van der Waals surface area (Å²) in [7, 11) is 0. The number of esters is 2. The molecule has 0 aliphatic carbocycles. The average Bonchev–Trinajstić information content (AvgIpc) is 2.76. The van der Waals surface area contributed by atoms with Crippen molar-refractivity contribution >= 4 is 17.7 Å². The molecule has 1 aliphatic heterocycles. The second-order valence-corrected chi connectivity index (χ2v) is 4.85. The number of carbonyl (C=O) groups is 3. The maximum atomic E-state index is 12.2. The van der Waals surface area contributed by atoms with Crippen LogP contribution in [0.1, 0.15) is 42.8 Å². The lowest BCUT2D eigenvalue weighted by Gasteiger charge is -2.29. The largest absolute Gasteiger partial charge is 0.465 e. The molecule has 0 bridgehead atoms. The third-order valence-electron chi connectivity index (χ3n) is 3.64. The topological polar surface area (TPSA) is 69.7 Å². The first-order valence-electron chi connectivity index (χ1n) is 6.41. The summed E-state index contributed by atoms with van der Waals surface area (Å²) >= 11 is 0. The highest BCUT2D eigenvalue weighted by molar-refractivity contribution is 6.05. The minimum absolute atomic E-state index is 0.157. The van der Waals surface area contributed by atoms with Gasteiger partial charge in [-0.15, -0.1) is 0 Å². The highest BCUT2D eigenvalue weighted by Crippen LogP contribution is 2.44. The van der Waals surface area contributed by atoms with E-state index in [1.54, 1.807) is 31.2 Å². The quantitative estimate of drug-likeness (QED) is 0.622. The molecule has 2 atom stereocenters. The predicted molar refractivity (Wildman–Crippen MR) is 70.0 cm³/mol. The first-order chi connectivity index (χ1) is 9.42. The number of cyclic esters (lactones) is 1. The van der Waals surface area contributed by atoms with Crippen molar-refractivity contribution in [2.45, 2.75) is 26.9 Å². The fraction of sp³-hybridized carbons (Fsp3) is 0.400. The zero-order valence-electron chi connectivity index (χ0n) is 11.6. The first kappa shape index (κ1) is 14.2. The summed E-state index contributed by atoms with van der Waals surface area (Å²) in [6.45, 7) is 4.57. The summed E-state index contributed by atoms with van der Waals surface area (Å²) in [6, 6.07) is 6.74. The summed E-state index contributed by atoms with van der Waals surface area (Å²) in [6.07, 6.45) is -0.942. The molecule has 0 spiro atoms. The van der Waals surface area contributed by atoms with Gasteiger partial charge in [-0.2, -0.15) is 0 Å². The Balaban J connectivity index is 2.50. The van der Waals surface area contributed by atoms with E-state index in [1.807, 2.05) is 0 Å². The van der Waals surface area contributed by atoms with E-state index in [9.17, 15) is 14.4 Å². The standard InChI is InChI=1S/C15H16O5/c1-4-19-14(18)15(3,9(2)16)12-10-7-5-6-8-11(10)13(17)20-12/h5-8,12H,4H2,1-3H3. The number of fused-ring (bicyclic) bond motifs is 1. The van der Waals surface area contributed by atoms with Gasteiger partial charge in [0.1, 0.15) is 0 Å². The molecular weight excluding hydrogens is 260 g/mol. The minimum Gasteiger partial charge on any atom is -0.465 e. The van der Waals surface area contributed by atoms with Gasteiger partial charge in [-0.3, -0.25) is 9.59 Å². The molecule has 0 radical (unpaired) electrons. The molecule has 1 heterocycles. The molecule has 106 valence electrons. The Kier molecular flexibility index (Phi) is 3.61. The zero-order chi connectivity index (χ0) is 14.9. The molecule has 0 N–H and O–H groups in total. The van der Waals surface area contributed by atoms with Crippen molar-refractivity contribution in [2.75, 3.05) is 6.61 Å². The van der Waals surface area contributed by atoms with Crippen molar-refractivity contribution in [3.8, 4) is 0 Å². The van der Waals surface area contributed by atoms with E-state index in [0.717, 1.165) is 0 Å². The number of ketones is 1. The molecule has 0 aromatic heterocycles. The number of Topliss-reactive ketones (excluding diaryl/α,β-unsaturated/α-hetero) is 1. The number of rotatable bonds is 4. The second-order valence-electron chi connectivity index (χ2n) is 4.85. The van der Waals surface area contributed by atoms with Crippen LogP contribution in [-0.4, -0.2) is 24.3 Å². The highest BCUT2D eigenvalue weighted by Gasteiger charge is 2.53. The van der Waals surface area contributed by atoms with Crippen LogP contribution in [0.25, 0.3) is 0 Å². The van der Waals surface area contributed by atoms with Crippen LogP contribution in [0.2, 0.25) is 0 Å². The van der Waals surface area contributed by atoms with Gasteiger partial charge in [-0.1, -0.05) is 18.2 Å². The van der Waals surface area contributed by atoms with Crippen molar-refractivity contribution in [3.05, 3.63) is 35.4 Å². The Labute approximate surface area is 116 Å². The molecule has 20 heavy (non-hydrogen) atoms. The van der Waals surface area contributed by atoms with Gasteiger partial charge in [0.05, 0.1) is 12.2 Å². The Morgan fingerprint density at radius 1 is 1.35 bits per heavy atom. The fourth-order valence-electron chi connectivity index (χ4n) is 2.29. The molecule has 0 saturated heterocycles. The van der Waals surface area contributed by atoms with E-state index in [1.165, 1.54) is 13.8 Å². The van der Waals surface area contributed by atoms with Crippen molar-refractivity contribution in [1.82, 2.24) is 0 Å². The van der Waals surface area contributed by atoms with Crippen molar-refractivity contribution in [3.63, 3.8) is 0 Å². The zero-order valence-corrected chi connectivity index (χ0v) is 11.6. The lowest BCUT2D eigenvalue weighted by Crippen LogP contribution is -2.42. The summed E-state index contributed by atoms with van der Waals surface area (Å²) in [5.41, 5.74) is -0.601. The molecule has 0 saturated carbocycles. The van der Waals surface area contributed by atoms with Crippen molar-refractivity contribution in [2.24, 2.45) is 5.41 Å². The lowest BCUT2D eigenvalue weighted by molar-refractivity contribution is -0.165. The van der Waals surface area contributed by atoms with Gasteiger partial charge in [0.15, 0.2) is 17.3 Å². The van der Waals surface area contributed by atoms with Crippen molar-refractivity contribution < 1.29 is 23.9 Å². The number of ether oxygens (including phenoxy) is 2. The van der Waals surface area contributed by atoms with Gasteiger partial charge in [-0.05, 0) is 26.8 Å². The minimum atomic E-state index is -1.53. The molecule has 2 unspecified atom stereocenters. The van der Waals surface area contributed by atoms with Gasteiger partial charge >= 0.3 is 11.9 Å². The van der Waals surface area contributed by atoms with Crippen LogP contribution >= 0.6 is 0 Å². The molecular formula is C15H16O5. The normalized spacial score (nSPS) is 19.8. The average molecular weight is 276 g/mol. The highest BCUT2D eigenvalue weighted by atomic mass is 16.6. The Morgan fingerprint density at radius 2 is 2.00 bits per heavy atom. The summed E-state index contributed by atoms with van der Waals surface area (Å²) in [5.74, 6) is -1.60. The van der Waals surface area contributed by atoms with Gasteiger partial charge in [-0.25, -0.2) is 4.79 Å². The van der Waals surface area contributed by atoms with Gasteiger partial charge in [0, 0.05) is 5.56 Å². The van der Waals surface area contributed by atoms with Crippen LogP contribution in [0.3, 0.4) is 0 Å².